The zero-order valence-electron chi connectivity index (χ0n) is 11.5. The van der Waals surface area contributed by atoms with Crippen LogP contribution in [0.1, 0.15) is 6.92 Å². The highest BCUT2D eigenvalue weighted by atomic mass is 32.2. The molecule has 1 aromatic carbocycles. The van der Waals surface area contributed by atoms with Gasteiger partial charge in [-0.05, 0) is 31.3 Å². The Bertz CT molecular complexity index is 429. The molecular formula is C13H19N3O2S2. The summed E-state index contributed by atoms with van der Waals surface area (Å²) in [5, 5.41) is 3.35. The molecule has 0 aliphatic heterocycles. The quantitative estimate of drug-likeness (QED) is 0.418. The molecule has 110 valence electrons. The summed E-state index contributed by atoms with van der Waals surface area (Å²) in [5.41, 5.74) is 5.21. The van der Waals surface area contributed by atoms with Crippen LogP contribution < -0.4 is 16.2 Å². The molecule has 5 nitrogen and oxygen atoms in total. The fourth-order valence-corrected chi connectivity index (χ4v) is 2.35. The Hall–Kier alpha value is -1.31. The number of thioether (sulfide) groups is 1. The van der Waals surface area contributed by atoms with Crippen LogP contribution in [0.4, 0.5) is 0 Å². The number of hydrazine groups is 1. The predicted molar refractivity (Wildman–Crippen MR) is 85.5 cm³/mol. The molecule has 0 saturated heterocycles. The molecule has 0 heterocycles. The number of carbonyl (C=O) groups excluding carboxylic acids is 1. The molecule has 0 spiro atoms. The lowest BCUT2D eigenvalue weighted by molar-refractivity contribution is -0.119. The van der Waals surface area contributed by atoms with Crippen molar-refractivity contribution in [1.29, 1.82) is 0 Å². The third-order valence-electron chi connectivity index (χ3n) is 2.22. The second-order valence-corrected chi connectivity index (χ2v) is 5.56. The number of methoxy groups -OCH3 is 1. The molecule has 7 heteroatoms. The number of hydrogen-bond donors (Lipinski definition) is 3. The first kappa shape index (κ1) is 16.7. The highest BCUT2D eigenvalue weighted by Crippen LogP contribution is 2.15. The summed E-state index contributed by atoms with van der Waals surface area (Å²) in [6.07, 6.45) is 0. The van der Waals surface area contributed by atoms with Gasteiger partial charge in [-0.25, -0.2) is 0 Å². The Kier molecular flexibility index (Phi) is 8.01. The van der Waals surface area contributed by atoms with Crippen LogP contribution >= 0.6 is 24.0 Å². The van der Waals surface area contributed by atoms with Crippen LogP contribution in [-0.2, 0) is 9.53 Å². The van der Waals surface area contributed by atoms with Crippen LogP contribution in [0, 0.1) is 0 Å². The first-order valence-electron chi connectivity index (χ1n) is 6.14. The van der Waals surface area contributed by atoms with Gasteiger partial charge in [0.15, 0.2) is 5.11 Å². The van der Waals surface area contributed by atoms with Crippen LogP contribution in [0.5, 0.6) is 0 Å². The zero-order valence-corrected chi connectivity index (χ0v) is 13.1. The molecule has 3 N–H and O–H groups in total. The van der Waals surface area contributed by atoms with E-state index in [4.69, 9.17) is 17.0 Å². The summed E-state index contributed by atoms with van der Waals surface area (Å²) in [4.78, 5) is 12.7. The molecule has 1 atom stereocenters. The lowest BCUT2D eigenvalue weighted by atomic mass is 10.4. The van der Waals surface area contributed by atoms with Crippen LogP contribution in [0.25, 0.3) is 0 Å². The average molecular weight is 313 g/mol. The number of amides is 1. The van der Waals surface area contributed by atoms with Crippen LogP contribution in [0.2, 0.25) is 0 Å². The zero-order chi connectivity index (χ0) is 14.8. The minimum Gasteiger partial charge on any atom is -0.383 e. The van der Waals surface area contributed by atoms with Crippen molar-refractivity contribution in [3.05, 3.63) is 30.3 Å². The highest BCUT2D eigenvalue weighted by Gasteiger charge is 2.05. The second-order valence-electron chi connectivity index (χ2n) is 4.10. The van der Waals surface area contributed by atoms with Gasteiger partial charge in [0.05, 0.1) is 12.4 Å². The number of carbonyl (C=O) groups is 1. The summed E-state index contributed by atoms with van der Waals surface area (Å²) >= 11 is 6.51. The van der Waals surface area contributed by atoms with Crippen molar-refractivity contribution >= 4 is 35.0 Å². The Labute approximate surface area is 128 Å². The number of ether oxygens (including phenoxy) is 1. The molecule has 0 unspecified atom stereocenters. The van der Waals surface area contributed by atoms with E-state index < -0.39 is 0 Å². The molecule has 0 aliphatic carbocycles. The number of hydrogen-bond acceptors (Lipinski definition) is 4. The molecule has 0 radical (unpaired) electrons. The fraction of sp³-hybridized carbons (Fsp3) is 0.385. The summed E-state index contributed by atoms with van der Waals surface area (Å²) in [7, 11) is 1.62. The summed E-state index contributed by atoms with van der Waals surface area (Å²) in [6.45, 7) is 2.48. The van der Waals surface area contributed by atoms with Gasteiger partial charge in [0, 0.05) is 18.0 Å². The van der Waals surface area contributed by atoms with Gasteiger partial charge in [-0.1, -0.05) is 18.2 Å². The van der Waals surface area contributed by atoms with Crippen molar-refractivity contribution in [2.24, 2.45) is 0 Å². The van der Waals surface area contributed by atoms with E-state index in [9.17, 15) is 4.79 Å². The Morgan fingerprint density at radius 2 is 2.05 bits per heavy atom. The highest BCUT2D eigenvalue weighted by molar-refractivity contribution is 8.00. The molecule has 0 aromatic heterocycles. The van der Waals surface area contributed by atoms with Gasteiger partial charge in [-0.3, -0.25) is 15.6 Å². The van der Waals surface area contributed by atoms with Crippen molar-refractivity contribution in [3.63, 3.8) is 0 Å². The maximum absolute atomic E-state index is 11.6. The van der Waals surface area contributed by atoms with Gasteiger partial charge in [-0.15, -0.1) is 11.8 Å². The van der Waals surface area contributed by atoms with Crippen LogP contribution in [-0.4, -0.2) is 36.5 Å². The summed E-state index contributed by atoms with van der Waals surface area (Å²) in [6, 6.07) is 9.82. The van der Waals surface area contributed by atoms with E-state index in [2.05, 4.69) is 16.2 Å². The monoisotopic (exact) mass is 313 g/mol. The molecule has 1 amide bonds. The molecule has 20 heavy (non-hydrogen) atoms. The Morgan fingerprint density at radius 3 is 2.70 bits per heavy atom. The topological polar surface area (TPSA) is 62.4 Å². The van der Waals surface area contributed by atoms with Crippen LogP contribution in [0.3, 0.4) is 0 Å². The minimum absolute atomic E-state index is 0.0793. The molecular weight excluding hydrogens is 294 g/mol. The maximum atomic E-state index is 11.6. The van der Waals surface area contributed by atoms with E-state index in [0.717, 1.165) is 4.90 Å². The average Bonchev–Trinajstić information content (AvgIpc) is 2.44. The minimum atomic E-state index is -0.137. The first-order chi connectivity index (χ1) is 9.61. The standard InChI is InChI=1S/C13H19N3O2S2/c1-10(8-18-2)14-13(19)16-15-12(17)9-20-11-6-4-3-5-7-11/h3-7,10H,8-9H2,1-2H3,(H,15,17)(H2,14,16,19)/t10-/m0/s1. The van der Waals surface area contributed by atoms with E-state index >= 15 is 0 Å². The van der Waals surface area contributed by atoms with Gasteiger partial charge >= 0.3 is 0 Å². The second kappa shape index (κ2) is 9.57. The normalized spacial score (nSPS) is 11.5. The van der Waals surface area contributed by atoms with Crippen molar-refractivity contribution < 1.29 is 9.53 Å². The number of benzene rings is 1. The maximum Gasteiger partial charge on any atom is 0.248 e. The predicted octanol–water partition coefficient (Wildman–Crippen LogP) is 1.31. The Morgan fingerprint density at radius 1 is 1.35 bits per heavy atom. The van der Waals surface area contributed by atoms with Crippen molar-refractivity contribution in [3.8, 4) is 0 Å². The van der Waals surface area contributed by atoms with Gasteiger partial charge in [0.2, 0.25) is 5.91 Å². The van der Waals surface area contributed by atoms with Crippen molar-refractivity contribution in [1.82, 2.24) is 16.2 Å². The molecule has 0 aliphatic rings. The summed E-state index contributed by atoms with van der Waals surface area (Å²) in [5.74, 6) is 0.190. The van der Waals surface area contributed by atoms with Crippen molar-refractivity contribution in [2.45, 2.75) is 17.9 Å². The van der Waals surface area contributed by atoms with Crippen molar-refractivity contribution in [2.75, 3.05) is 19.5 Å². The lowest BCUT2D eigenvalue weighted by Gasteiger charge is -2.16. The summed E-state index contributed by atoms with van der Waals surface area (Å²) < 4.78 is 4.98. The van der Waals surface area contributed by atoms with Gasteiger partial charge in [-0.2, -0.15) is 0 Å². The molecule has 1 aromatic rings. The van der Waals surface area contributed by atoms with Crippen LogP contribution in [0.15, 0.2) is 35.2 Å². The lowest BCUT2D eigenvalue weighted by Crippen LogP contribution is -2.50. The van der Waals surface area contributed by atoms with Gasteiger partial charge in [0.25, 0.3) is 0 Å². The third-order valence-corrected chi connectivity index (χ3v) is 3.45. The number of thiocarbonyl (C=S) groups is 1. The molecule has 1 rings (SSSR count). The molecule has 0 fully saturated rings. The SMILES string of the molecule is COC[C@H](C)NC(=S)NNC(=O)CSc1ccccc1. The van der Waals surface area contributed by atoms with E-state index in [1.807, 2.05) is 37.3 Å². The van der Waals surface area contributed by atoms with E-state index in [0.29, 0.717) is 17.5 Å². The van der Waals surface area contributed by atoms with Gasteiger partial charge in [0.1, 0.15) is 0 Å². The third kappa shape index (κ3) is 7.32. The van der Waals surface area contributed by atoms with Gasteiger partial charge < -0.3 is 10.1 Å². The molecule has 0 bridgehead atoms. The molecule has 0 saturated carbocycles. The Balaban J connectivity index is 2.18. The van der Waals surface area contributed by atoms with E-state index in [-0.39, 0.29) is 11.9 Å². The first-order valence-corrected chi connectivity index (χ1v) is 7.53. The number of rotatable bonds is 6. The largest absolute Gasteiger partial charge is 0.383 e. The fourth-order valence-electron chi connectivity index (χ4n) is 1.38. The number of nitrogens with one attached hydrogen (secondary N) is 3. The van der Waals surface area contributed by atoms with E-state index in [1.165, 1.54) is 11.8 Å². The smallest absolute Gasteiger partial charge is 0.248 e. The van der Waals surface area contributed by atoms with E-state index in [1.54, 1.807) is 7.11 Å².